The summed E-state index contributed by atoms with van der Waals surface area (Å²) in [6, 6.07) is 7.95. The average Bonchev–Trinajstić information content (AvgIpc) is 2.19. The Kier molecular flexibility index (Phi) is 4.53. The summed E-state index contributed by atoms with van der Waals surface area (Å²) in [6.45, 7) is 4.34. The van der Waals surface area contributed by atoms with Gasteiger partial charge in [-0.05, 0) is 42.8 Å². The van der Waals surface area contributed by atoms with Crippen molar-refractivity contribution in [1.29, 1.82) is 0 Å². The van der Waals surface area contributed by atoms with Crippen molar-refractivity contribution in [2.24, 2.45) is 0 Å². The molecule has 0 radical (unpaired) electrons. The van der Waals surface area contributed by atoms with E-state index in [2.05, 4.69) is 6.92 Å². The molecule has 2 nitrogen and oxygen atoms in total. The van der Waals surface area contributed by atoms with Gasteiger partial charge in [-0.15, -0.1) is 0 Å². The van der Waals surface area contributed by atoms with Crippen LogP contribution >= 0.6 is 11.8 Å². The van der Waals surface area contributed by atoms with E-state index in [0.717, 1.165) is 23.1 Å². The van der Waals surface area contributed by atoms with Crippen molar-refractivity contribution in [3.8, 4) is 0 Å². The van der Waals surface area contributed by atoms with Gasteiger partial charge < -0.3 is 4.74 Å². The molecule has 1 aromatic rings. The van der Waals surface area contributed by atoms with Crippen LogP contribution in [0.15, 0.2) is 29.2 Å². The predicted molar refractivity (Wildman–Crippen MR) is 58.7 cm³/mol. The molecule has 0 aliphatic heterocycles. The summed E-state index contributed by atoms with van der Waals surface area (Å²) in [7, 11) is 0. The Morgan fingerprint density at radius 3 is 2.43 bits per heavy atom. The van der Waals surface area contributed by atoms with Gasteiger partial charge in [0.1, 0.15) is 0 Å². The Bertz CT molecular complexity index is 293. The number of carbonyl (C=O) groups is 1. The highest BCUT2D eigenvalue weighted by molar-refractivity contribution is 8.13. The van der Waals surface area contributed by atoms with Crippen LogP contribution in [0.3, 0.4) is 0 Å². The lowest BCUT2D eigenvalue weighted by Crippen LogP contribution is -1.95. The number of ether oxygens (including phenoxy) is 1. The summed E-state index contributed by atoms with van der Waals surface area (Å²) in [4.78, 5) is 12.0. The Labute approximate surface area is 88.7 Å². The molecule has 0 unspecified atom stereocenters. The molecule has 1 aromatic carbocycles. The van der Waals surface area contributed by atoms with Crippen molar-refractivity contribution < 1.29 is 9.53 Å². The zero-order chi connectivity index (χ0) is 10.4. The van der Waals surface area contributed by atoms with Gasteiger partial charge in [0.25, 0.3) is 0 Å². The second-order valence-electron chi connectivity index (χ2n) is 2.78. The largest absolute Gasteiger partial charge is 0.458 e. The molecule has 0 aliphatic carbocycles. The van der Waals surface area contributed by atoms with Crippen molar-refractivity contribution in [1.82, 2.24) is 0 Å². The molecule has 1 rings (SSSR count). The monoisotopic (exact) mass is 210 g/mol. The molecule has 0 saturated carbocycles. The van der Waals surface area contributed by atoms with Crippen LogP contribution in [-0.4, -0.2) is 11.9 Å². The molecular formula is C11H14O2S. The standard InChI is InChI=1S/C11H14O2S/c1-3-9-5-7-10(8-6-9)14-11(12)13-4-2/h5-8H,3-4H2,1-2H3. The first-order valence-electron chi connectivity index (χ1n) is 4.69. The number of rotatable bonds is 3. The molecule has 76 valence electrons. The summed E-state index contributed by atoms with van der Waals surface area (Å²) >= 11 is 1.13. The van der Waals surface area contributed by atoms with E-state index < -0.39 is 0 Å². The molecule has 0 aromatic heterocycles. The van der Waals surface area contributed by atoms with Crippen LogP contribution in [-0.2, 0) is 11.2 Å². The molecule has 0 fully saturated rings. The molecule has 0 bridgehead atoms. The third-order valence-electron chi connectivity index (χ3n) is 1.79. The molecule has 3 heteroatoms. The second kappa shape index (κ2) is 5.70. The maximum absolute atomic E-state index is 11.1. The summed E-state index contributed by atoms with van der Waals surface area (Å²) in [5.74, 6) is 0. The molecule has 0 aliphatic rings. The number of carbonyl (C=O) groups excluding carboxylic acids is 1. The fourth-order valence-electron chi connectivity index (χ4n) is 1.04. The molecule has 0 amide bonds. The SMILES string of the molecule is CCOC(=O)Sc1ccc(CC)cc1. The Balaban J connectivity index is 2.55. The third-order valence-corrected chi connectivity index (χ3v) is 2.59. The molecule has 0 N–H and O–H groups in total. The van der Waals surface area contributed by atoms with Gasteiger partial charge in [0, 0.05) is 4.90 Å². The van der Waals surface area contributed by atoms with Crippen LogP contribution in [0.2, 0.25) is 0 Å². The third kappa shape index (κ3) is 3.42. The minimum Gasteiger partial charge on any atom is -0.458 e. The van der Waals surface area contributed by atoms with Crippen LogP contribution < -0.4 is 0 Å². The van der Waals surface area contributed by atoms with Crippen molar-refractivity contribution in [3.63, 3.8) is 0 Å². The van der Waals surface area contributed by atoms with E-state index in [4.69, 9.17) is 4.74 Å². The van der Waals surface area contributed by atoms with Gasteiger partial charge in [-0.2, -0.15) is 0 Å². The Morgan fingerprint density at radius 2 is 1.93 bits per heavy atom. The Morgan fingerprint density at radius 1 is 1.29 bits per heavy atom. The lowest BCUT2D eigenvalue weighted by molar-refractivity contribution is 0.181. The fourth-order valence-corrected chi connectivity index (χ4v) is 1.68. The fraction of sp³-hybridized carbons (Fsp3) is 0.364. The van der Waals surface area contributed by atoms with E-state index in [1.165, 1.54) is 5.56 Å². The van der Waals surface area contributed by atoms with Crippen LogP contribution in [0.25, 0.3) is 0 Å². The average molecular weight is 210 g/mol. The molecule has 0 atom stereocenters. The molecule has 0 heterocycles. The van der Waals surface area contributed by atoms with E-state index in [-0.39, 0.29) is 5.30 Å². The number of hydrogen-bond acceptors (Lipinski definition) is 3. The van der Waals surface area contributed by atoms with Gasteiger partial charge >= 0.3 is 5.30 Å². The number of hydrogen-bond donors (Lipinski definition) is 0. The first-order chi connectivity index (χ1) is 6.76. The van der Waals surface area contributed by atoms with Crippen LogP contribution in [0.4, 0.5) is 4.79 Å². The minimum atomic E-state index is -0.239. The molecule has 14 heavy (non-hydrogen) atoms. The van der Waals surface area contributed by atoms with E-state index in [1.54, 1.807) is 6.92 Å². The lowest BCUT2D eigenvalue weighted by atomic mass is 10.2. The van der Waals surface area contributed by atoms with Gasteiger partial charge in [-0.1, -0.05) is 19.1 Å². The normalized spacial score (nSPS) is 9.86. The maximum atomic E-state index is 11.1. The van der Waals surface area contributed by atoms with Crippen LogP contribution in [0, 0.1) is 0 Å². The number of aryl methyl sites for hydroxylation is 1. The second-order valence-corrected chi connectivity index (χ2v) is 3.79. The zero-order valence-electron chi connectivity index (χ0n) is 8.45. The van der Waals surface area contributed by atoms with Crippen molar-refractivity contribution in [2.75, 3.05) is 6.61 Å². The lowest BCUT2D eigenvalue weighted by Gasteiger charge is -2.01. The van der Waals surface area contributed by atoms with Gasteiger partial charge in [0.05, 0.1) is 6.61 Å². The first kappa shape index (κ1) is 11.1. The number of thioether (sulfide) groups is 1. The predicted octanol–water partition coefficient (Wildman–Crippen LogP) is 3.50. The van der Waals surface area contributed by atoms with E-state index in [1.807, 2.05) is 24.3 Å². The number of benzene rings is 1. The van der Waals surface area contributed by atoms with Crippen LogP contribution in [0.1, 0.15) is 19.4 Å². The Hall–Kier alpha value is -0.960. The highest BCUT2D eigenvalue weighted by Crippen LogP contribution is 2.20. The van der Waals surface area contributed by atoms with Gasteiger partial charge in [-0.25, -0.2) is 4.79 Å². The quantitative estimate of drug-likeness (QED) is 0.564. The van der Waals surface area contributed by atoms with Crippen LogP contribution in [0.5, 0.6) is 0 Å². The van der Waals surface area contributed by atoms with E-state index >= 15 is 0 Å². The highest BCUT2D eigenvalue weighted by atomic mass is 32.2. The van der Waals surface area contributed by atoms with Crippen molar-refractivity contribution in [3.05, 3.63) is 29.8 Å². The minimum absolute atomic E-state index is 0.239. The molecule has 0 spiro atoms. The van der Waals surface area contributed by atoms with Gasteiger partial charge in [0.2, 0.25) is 0 Å². The first-order valence-corrected chi connectivity index (χ1v) is 5.51. The molecule has 0 saturated heterocycles. The van der Waals surface area contributed by atoms with E-state index in [0.29, 0.717) is 6.61 Å². The van der Waals surface area contributed by atoms with E-state index in [9.17, 15) is 4.79 Å². The van der Waals surface area contributed by atoms with Crippen molar-refractivity contribution >= 4 is 17.1 Å². The maximum Gasteiger partial charge on any atom is 0.372 e. The summed E-state index contributed by atoms with van der Waals surface area (Å²) in [5.41, 5.74) is 1.28. The smallest absolute Gasteiger partial charge is 0.372 e. The topological polar surface area (TPSA) is 26.3 Å². The zero-order valence-corrected chi connectivity index (χ0v) is 9.26. The van der Waals surface area contributed by atoms with Gasteiger partial charge in [-0.3, -0.25) is 0 Å². The summed E-state index contributed by atoms with van der Waals surface area (Å²) in [5, 5.41) is -0.239. The summed E-state index contributed by atoms with van der Waals surface area (Å²) in [6.07, 6.45) is 1.02. The van der Waals surface area contributed by atoms with Gasteiger partial charge in [0.15, 0.2) is 0 Å². The highest BCUT2D eigenvalue weighted by Gasteiger charge is 2.03. The van der Waals surface area contributed by atoms with Crippen molar-refractivity contribution in [2.45, 2.75) is 25.2 Å². The summed E-state index contributed by atoms with van der Waals surface area (Å²) < 4.78 is 4.83. The molecular weight excluding hydrogens is 196 g/mol.